The molecule has 0 unspecified atom stereocenters. The molecule has 0 aliphatic rings. The molecule has 26 heavy (non-hydrogen) atoms. The SMILES string of the molecule is CCCNC(=O)c1cc2c(-n3nc(C(F)(F)F)cc3C)c(Br)cnc2[nH]1. The van der Waals surface area contributed by atoms with Gasteiger partial charge in [-0.3, -0.25) is 4.79 Å². The Morgan fingerprint density at radius 3 is 2.73 bits per heavy atom. The van der Waals surface area contributed by atoms with Crippen LogP contribution in [-0.2, 0) is 6.18 Å². The largest absolute Gasteiger partial charge is 0.435 e. The van der Waals surface area contributed by atoms with Gasteiger partial charge in [0.05, 0.1) is 10.2 Å². The maximum absolute atomic E-state index is 13.0. The number of nitrogens with zero attached hydrogens (tertiary/aromatic N) is 3. The Morgan fingerprint density at radius 1 is 1.38 bits per heavy atom. The third-order valence-electron chi connectivity index (χ3n) is 3.76. The Bertz CT molecular complexity index is 976. The van der Waals surface area contributed by atoms with Crippen molar-refractivity contribution in [1.29, 1.82) is 0 Å². The molecule has 3 rings (SSSR count). The molecule has 10 heteroatoms. The van der Waals surface area contributed by atoms with E-state index in [0.717, 1.165) is 12.5 Å². The number of nitrogens with one attached hydrogen (secondary N) is 2. The monoisotopic (exact) mass is 429 g/mol. The molecule has 0 saturated carbocycles. The molecule has 3 aromatic rings. The Kier molecular flexibility index (Phi) is 4.78. The third kappa shape index (κ3) is 3.33. The predicted molar refractivity (Wildman–Crippen MR) is 93.3 cm³/mol. The van der Waals surface area contributed by atoms with E-state index in [0.29, 0.717) is 33.4 Å². The van der Waals surface area contributed by atoms with Gasteiger partial charge in [-0.1, -0.05) is 6.92 Å². The first-order valence-corrected chi connectivity index (χ1v) is 8.61. The molecular weight excluding hydrogens is 415 g/mol. The second-order valence-electron chi connectivity index (χ2n) is 5.74. The van der Waals surface area contributed by atoms with Crippen molar-refractivity contribution >= 4 is 32.9 Å². The quantitative estimate of drug-likeness (QED) is 0.658. The maximum atomic E-state index is 13.0. The zero-order valence-electron chi connectivity index (χ0n) is 13.9. The van der Waals surface area contributed by atoms with Crippen LogP contribution in [0.1, 0.15) is 35.2 Å². The van der Waals surface area contributed by atoms with Crippen LogP contribution in [0.15, 0.2) is 22.8 Å². The fraction of sp³-hybridized carbons (Fsp3) is 0.312. The number of amides is 1. The number of pyridine rings is 1. The first-order chi connectivity index (χ1) is 12.2. The van der Waals surface area contributed by atoms with Crippen molar-refractivity contribution in [2.24, 2.45) is 0 Å². The van der Waals surface area contributed by atoms with Gasteiger partial charge in [-0.15, -0.1) is 0 Å². The summed E-state index contributed by atoms with van der Waals surface area (Å²) in [5.41, 5.74) is 0.371. The van der Waals surface area contributed by atoms with Crippen molar-refractivity contribution in [2.45, 2.75) is 26.4 Å². The van der Waals surface area contributed by atoms with Crippen LogP contribution in [0.3, 0.4) is 0 Å². The first kappa shape index (κ1) is 18.4. The molecule has 0 aromatic carbocycles. The number of fused-ring (bicyclic) bond motifs is 1. The lowest BCUT2D eigenvalue weighted by atomic mass is 10.2. The normalized spacial score (nSPS) is 11.9. The van der Waals surface area contributed by atoms with Crippen molar-refractivity contribution in [3.05, 3.63) is 39.9 Å². The van der Waals surface area contributed by atoms with Crippen molar-refractivity contribution in [1.82, 2.24) is 25.1 Å². The van der Waals surface area contributed by atoms with Crippen LogP contribution in [0.25, 0.3) is 16.7 Å². The number of aryl methyl sites for hydroxylation is 1. The van der Waals surface area contributed by atoms with Gasteiger partial charge in [-0.05, 0) is 41.4 Å². The van der Waals surface area contributed by atoms with Crippen LogP contribution in [0.4, 0.5) is 13.2 Å². The minimum atomic E-state index is -4.54. The lowest BCUT2D eigenvalue weighted by Crippen LogP contribution is -2.24. The van der Waals surface area contributed by atoms with Gasteiger partial charge in [0.15, 0.2) is 5.69 Å². The van der Waals surface area contributed by atoms with Crippen LogP contribution >= 0.6 is 15.9 Å². The summed E-state index contributed by atoms with van der Waals surface area (Å²) in [5.74, 6) is -0.305. The topological polar surface area (TPSA) is 75.6 Å². The maximum Gasteiger partial charge on any atom is 0.435 e. The molecule has 0 aliphatic carbocycles. The van der Waals surface area contributed by atoms with E-state index in [2.05, 4.69) is 36.3 Å². The number of hydrogen-bond acceptors (Lipinski definition) is 3. The highest BCUT2D eigenvalue weighted by Gasteiger charge is 2.35. The molecule has 0 bridgehead atoms. The summed E-state index contributed by atoms with van der Waals surface area (Å²) in [5, 5.41) is 6.91. The smallest absolute Gasteiger partial charge is 0.351 e. The van der Waals surface area contributed by atoms with E-state index in [9.17, 15) is 18.0 Å². The summed E-state index contributed by atoms with van der Waals surface area (Å²) in [4.78, 5) is 19.2. The minimum absolute atomic E-state index is 0.279. The van der Waals surface area contributed by atoms with E-state index in [4.69, 9.17) is 0 Å². The van der Waals surface area contributed by atoms with Crippen molar-refractivity contribution < 1.29 is 18.0 Å². The Balaban J connectivity index is 2.14. The molecule has 2 N–H and O–H groups in total. The molecule has 0 fully saturated rings. The van der Waals surface area contributed by atoms with Gasteiger partial charge < -0.3 is 10.3 Å². The molecule has 3 aromatic heterocycles. The number of rotatable bonds is 4. The number of carbonyl (C=O) groups is 1. The van der Waals surface area contributed by atoms with E-state index < -0.39 is 11.9 Å². The Morgan fingerprint density at radius 2 is 2.12 bits per heavy atom. The van der Waals surface area contributed by atoms with Crippen LogP contribution in [0.5, 0.6) is 0 Å². The number of hydrogen-bond donors (Lipinski definition) is 2. The molecule has 1 amide bonds. The summed E-state index contributed by atoms with van der Waals surface area (Å²) < 4.78 is 40.6. The van der Waals surface area contributed by atoms with Crippen molar-refractivity contribution in [3.63, 3.8) is 0 Å². The summed E-state index contributed by atoms with van der Waals surface area (Å²) in [6.45, 7) is 3.98. The summed E-state index contributed by atoms with van der Waals surface area (Å²) >= 11 is 3.32. The van der Waals surface area contributed by atoms with Gasteiger partial charge in [0.25, 0.3) is 5.91 Å². The predicted octanol–water partition coefficient (Wildman–Crippen LogP) is 3.98. The zero-order chi connectivity index (χ0) is 19.1. The van der Waals surface area contributed by atoms with Gasteiger partial charge in [-0.25, -0.2) is 9.67 Å². The molecule has 0 atom stereocenters. The van der Waals surface area contributed by atoms with E-state index in [1.54, 1.807) is 6.07 Å². The number of carbonyl (C=O) groups excluding carboxylic acids is 1. The number of halogens is 4. The fourth-order valence-corrected chi connectivity index (χ4v) is 3.03. The first-order valence-electron chi connectivity index (χ1n) is 7.82. The van der Waals surface area contributed by atoms with Gasteiger partial charge in [0, 0.05) is 23.8 Å². The standard InChI is InChI=1S/C16H15BrF3N5O/c1-3-4-21-15(26)11-6-9-13(10(17)7-22-14(9)23-11)25-8(2)5-12(24-25)16(18,19)20/h5-7H,3-4H2,1-2H3,(H,21,26)(H,22,23). The van der Waals surface area contributed by atoms with Crippen LogP contribution in [0, 0.1) is 6.92 Å². The fourth-order valence-electron chi connectivity index (χ4n) is 2.55. The molecule has 138 valence electrons. The molecule has 0 saturated heterocycles. The summed E-state index contributed by atoms with van der Waals surface area (Å²) in [6.07, 6.45) is -2.30. The zero-order valence-corrected chi connectivity index (χ0v) is 15.5. The number of aromatic nitrogens is 4. The molecule has 0 radical (unpaired) electrons. The second kappa shape index (κ2) is 6.75. The van der Waals surface area contributed by atoms with Gasteiger partial charge in [0.1, 0.15) is 11.3 Å². The molecule has 6 nitrogen and oxygen atoms in total. The number of H-pyrrole nitrogens is 1. The Hall–Kier alpha value is -2.36. The minimum Gasteiger partial charge on any atom is -0.351 e. The van der Waals surface area contributed by atoms with Crippen LogP contribution in [0.2, 0.25) is 0 Å². The summed E-state index contributed by atoms with van der Waals surface area (Å²) in [7, 11) is 0. The van der Waals surface area contributed by atoms with Crippen molar-refractivity contribution in [2.75, 3.05) is 6.54 Å². The van der Waals surface area contributed by atoms with Crippen molar-refractivity contribution in [3.8, 4) is 5.69 Å². The molecule has 3 heterocycles. The van der Waals surface area contributed by atoms with E-state index in [-0.39, 0.29) is 11.6 Å². The number of alkyl halides is 3. The lowest BCUT2D eigenvalue weighted by molar-refractivity contribution is -0.141. The van der Waals surface area contributed by atoms with E-state index >= 15 is 0 Å². The van der Waals surface area contributed by atoms with E-state index in [1.165, 1.54) is 17.8 Å². The third-order valence-corrected chi connectivity index (χ3v) is 4.34. The van der Waals surface area contributed by atoms with Crippen LogP contribution in [-0.4, -0.2) is 32.2 Å². The molecular formula is C16H15BrF3N5O. The van der Waals surface area contributed by atoms with Crippen LogP contribution < -0.4 is 5.32 Å². The average molecular weight is 430 g/mol. The number of aromatic amines is 1. The highest BCUT2D eigenvalue weighted by Crippen LogP contribution is 2.33. The van der Waals surface area contributed by atoms with E-state index in [1.807, 2.05) is 6.92 Å². The molecule has 0 spiro atoms. The van der Waals surface area contributed by atoms with Gasteiger partial charge in [0.2, 0.25) is 0 Å². The summed E-state index contributed by atoms with van der Waals surface area (Å²) in [6, 6.07) is 2.53. The Labute approximate surface area is 154 Å². The lowest BCUT2D eigenvalue weighted by Gasteiger charge is -2.08. The molecule has 0 aliphatic heterocycles. The second-order valence-corrected chi connectivity index (χ2v) is 6.59. The highest BCUT2D eigenvalue weighted by atomic mass is 79.9. The van der Waals surface area contributed by atoms with Gasteiger partial charge in [-0.2, -0.15) is 18.3 Å². The average Bonchev–Trinajstić information content (AvgIpc) is 3.16. The highest BCUT2D eigenvalue weighted by molar-refractivity contribution is 9.10. The van der Waals surface area contributed by atoms with Gasteiger partial charge >= 0.3 is 6.18 Å².